The van der Waals surface area contributed by atoms with Gasteiger partial charge in [0.1, 0.15) is 6.04 Å². The van der Waals surface area contributed by atoms with Crippen LogP contribution < -0.4 is 5.73 Å². The fourth-order valence-corrected chi connectivity index (χ4v) is 1.96. The van der Waals surface area contributed by atoms with Crippen LogP contribution in [-0.2, 0) is 6.42 Å². The average Bonchev–Trinajstić information content (AvgIpc) is 2.16. The van der Waals surface area contributed by atoms with Crippen molar-refractivity contribution in [1.82, 2.24) is 0 Å². The third-order valence-corrected chi connectivity index (χ3v) is 3.21. The van der Waals surface area contributed by atoms with Gasteiger partial charge in [-0.2, -0.15) is 13.2 Å². The summed E-state index contributed by atoms with van der Waals surface area (Å²) < 4.78 is 38.0. The van der Waals surface area contributed by atoms with Gasteiger partial charge in [-0.1, -0.05) is 19.1 Å². The Hall–Kier alpha value is -0.300. The molecular formula is C10H11F3IN. The van der Waals surface area contributed by atoms with Gasteiger partial charge in [-0.15, -0.1) is 0 Å². The van der Waals surface area contributed by atoms with E-state index in [4.69, 9.17) is 5.73 Å². The maximum absolute atomic E-state index is 12.3. The Morgan fingerprint density at radius 1 is 1.40 bits per heavy atom. The van der Waals surface area contributed by atoms with Crippen molar-refractivity contribution in [1.29, 1.82) is 0 Å². The topological polar surface area (TPSA) is 26.0 Å². The number of nitrogens with two attached hydrogens (primary N) is 1. The lowest BCUT2D eigenvalue weighted by atomic mass is 10.0. The number of hydrogen-bond acceptors (Lipinski definition) is 1. The summed E-state index contributed by atoms with van der Waals surface area (Å²) in [6, 6.07) is 2.74. The fourth-order valence-electron chi connectivity index (χ4n) is 1.25. The first kappa shape index (κ1) is 12.8. The molecule has 0 heterocycles. The van der Waals surface area contributed by atoms with E-state index in [-0.39, 0.29) is 5.56 Å². The Bertz CT molecular complexity index is 349. The predicted octanol–water partition coefficient (Wildman–Crippen LogP) is 3.42. The van der Waals surface area contributed by atoms with Gasteiger partial charge in [0.2, 0.25) is 0 Å². The number of aryl methyl sites for hydroxylation is 1. The minimum absolute atomic E-state index is 0.125. The lowest BCUT2D eigenvalue weighted by Crippen LogP contribution is -2.28. The Morgan fingerprint density at radius 2 is 2.00 bits per heavy atom. The monoisotopic (exact) mass is 329 g/mol. The summed E-state index contributed by atoms with van der Waals surface area (Å²) in [5, 5.41) is 0. The summed E-state index contributed by atoms with van der Waals surface area (Å²) in [7, 11) is 0. The maximum Gasteiger partial charge on any atom is 0.407 e. The normalized spacial score (nSPS) is 14.0. The van der Waals surface area contributed by atoms with Crippen molar-refractivity contribution in [2.24, 2.45) is 5.73 Å². The van der Waals surface area contributed by atoms with Gasteiger partial charge in [0.15, 0.2) is 0 Å². The van der Waals surface area contributed by atoms with Crippen LogP contribution in [0.2, 0.25) is 0 Å². The van der Waals surface area contributed by atoms with Crippen molar-refractivity contribution in [2.45, 2.75) is 25.6 Å². The lowest BCUT2D eigenvalue weighted by molar-refractivity contribution is -0.149. The number of hydrogen-bond donors (Lipinski definition) is 1. The first-order chi connectivity index (χ1) is 6.86. The van der Waals surface area contributed by atoms with Gasteiger partial charge in [-0.3, -0.25) is 0 Å². The zero-order valence-electron chi connectivity index (χ0n) is 8.11. The van der Waals surface area contributed by atoms with Crippen LogP contribution in [0.4, 0.5) is 13.2 Å². The molecule has 0 saturated heterocycles. The molecule has 1 aromatic carbocycles. The molecule has 1 atom stereocenters. The molecule has 15 heavy (non-hydrogen) atoms. The van der Waals surface area contributed by atoms with Crippen molar-refractivity contribution < 1.29 is 13.2 Å². The first-order valence-electron chi connectivity index (χ1n) is 4.47. The summed E-state index contributed by atoms with van der Waals surface area (Å²) in [5.41, 5.74) is 6.14. The number of rotatable bonds is 2. The van der Waals surface area contributed by atoms with E-state index in [1.165, 1.54) is 12.1 Å². The minimum atomic E-state index is -4.38. The summed E-state index contributed by atoms with van der Waals surface area (Å²) in [6.07, 6.45) is -3.67. The molecule has 0 aliphatic carbocycles. The van der Waals surface area contributed by atoms with Gasteiger partial charge in [-0.05, 0) is 46.2 Å². The molecular weight excluding hydrogens is 318 g/mol. The summed E-state index contributed by atoms with van der Waals surface area (Å²) >= 11 is 2.10. The Morgan fingerprint density at radius 3 is 2.47 bits per heavy atom. The fraction of sp³-hybridized carbons (Fsp3) is 0.400. The van der Waals surface area contributed by atoms with Crippen molar-refractivity contribution in [3.8, 4) is 0 Å². The van der Waals surface area contributed by atoms with E-state index in [0.717, 1.165) is 9.13 Å². The van der Waals surface area contributed by atoms with E-state index in [0.29, 0.717) is 6.42 Å². The molecule has 0 amide bonds. The molecule has 0 saturated carbocycles. The molecule has 0 aliphatic rings. The zero-order valence-corrected chi connectivity index (χ0v) is 10.3. The highest BCUT2D eigenvalue weighted by Crippen LogP contribution is 2.31. The highest BCUT2D eigenvalue weighted by molar-refractivity contribution is 14.1. The van der Waals surface area contributed by atoms with Crippen LogP contribution in [0.5, 0.6) is 0 Å². The molecule has 0 radical (unpaired) electrons. The average molecular weight is 329 g/mol. The van der Waals surface area contributed by atoms with Crippen molar-refractivity contribution in [3.63, 3.8) is 0 Å². The highest BCUT2D eigenvalue weighted by Gasteiger charge is 2.37. The maximum atomic E-state index is 12.3. The number of alkyl halides is 3. The molecule has 84 valence electrons. The predicted molar refractivity (Wildman–Crippen MR) is 61.5 cm³/mol. The second-order valence-corrected chi connectivity index (χ2v) is 4.39. The quantitative estimate of drug-likeness (QED) is 0.827. The standard InChI is InChI=1S/C10H11F3IN/c1-2-6-5-7(3-4-8(6)14)9(15)10(11,12)13/h3-5,9H,2,15H2,1H3/t9-/m1/s1. The van der Waals surface area contributed by atoms with Gasteiger partial charge >= 0.3 is 6.18 Å². The first-order valence-corrected chi connectivity index (χ1v) is 5.54. The van der Waals surface area contributed by atoms with Crippen LogP contribution in [0.25, 0.3) is 0 Å². The molecule has 5 heteroatoms. The van der Waals surface area contributed by atoms with Gasteiger partial charge in [0.25, 0.3) is 0 Å². The third kappa shape index (κ3) is 3.07. The van der Waals surface area contributed by atoms with Crippen LogP contribution in [0.3, 0.4) is 0 Å². The Balaban J connectivity index is 3.06. The smallest absolute Gasteiger partial charge is 0.316 e. The molecule has 0 unspecified atom stereocenters. The number of halogens is 4. The van der Waals surface area contributed by atoms with Crippen LogP contribution in [0, 0.1) is 3.57 Å². The van der Waals surface area contributed by atoms with Crippen molar-refractivity contribution >= 4 is 22.6 Å². The van der Waals surface area contributed by atoms with Gasteiger partial charge < -0.3 is 5.73 Å². The Labute approximate surface area is 100.0 Å². The molecule has 1 nitrogen and oxygen atoms in total. The van der Waals surface area contributed by atoms with Crippen molar-refractivity contribution in [3.05, 3.63) is 32.9 Å². The van der Waals surface area contributed by atoms with E-state index < -0.39 is 12.2 Å². The molecule has 0 spiro atoms. The SMILES string of the molecule is CCc1cc([C@@H](N)C(F)(F)F)ccc1I. The van der Waals surface area contributed by atoms with E-state index in [1.54, 1.807) is 6.07 Å². The second-order valence-electron chi connectivity index (χ2n) is 3.22. The minimum Gasteiger partial charge on any atom is -0.316 e. The molecule has 0 fully saturated rings. The molecule has 2 N–H and O–H groups in total. The van der Waals surface area contributed by atoms with Crippen LogP contribution in [0.1, 0.15) is 24.1 Å². The summed E-state index contributed by atoms with van der Waals surface area (Å²) in [4.78, 5) is 0. The van der Waals surface area contributed by atoms with Gasteiger partial charge in [0, 0.05) is 3.57 Å². The third-order valence-electron chi connectivity index (χ3n) is 2.16. The second kappa shape index (κ2) is 4.69. The molecule has 0 aromatic heterocycles. The van der Waals surface area contributed by atoms with Crippen LogP contribution >= 0.6 is 22.6 Å². The molecule has 1 rings (SSSR count). The lowest BCUT2D eigenvalue weighted by Gasteiger charge is -2.17. The Kier molecular flexibility index (Phi) is 3.99. The molecule has 0 aliphatic heterocycles. The highest BCUT2D eigenvalue weighted by atomic mass is 127. The summed E-state index contributed by atoms with van der Waals surface area (Å²) in [5.74, 6) is 0. The van der Waals surface area contributed by atoms with E-state index >= 15 is 0 Å². The molecule has 0 bridgehead atoms. The number of benzene rings is 1. The largest absolute Gasteiger partial charge is 0.407 e. The summed E-state index contributed by atoms with van der Waals surface area (Å²) in [6.45, 7) is 1.90. The van der Waals surface area contributed by atoms with Crippen LogP contribution in [-0.4, -0.2) is 6.18 Å². The molecule has 1 aromatic rings. The van der Waals surface area contributed by atoms with E-state index in [2.05, 4.69) is 22.6 Å². The zero-order chi connectivity index (χ0) is 11.6. The van der Waals surface area contributed by atoms with Crippen LogP contribution in [0.15, 0.2) is 18.2 Å². The van der Waals surface area contributed by atoms with E-state index in [1.807, 2.05) is 6.92 Å². The van der Waals surface area contributed by atoms with Crippen molar-refractivity contribution in [2.75, 3.05) is 0 Å². The van der Waals surface area contributed by atoms with Gasteiger partial charge in [0.05, 0.1) is 0 Å². The van der Waals surface area contributed by atoms with E-state index in [9.17, 15) is 13.2 Å². The van der Waals surface area contributed by atoms with Gasteiger partial charge in [-0.25, -0.2) is 0 Å².